The van der Waals surface area contributed by atoms with Crippen molar-refractivity contribution in [1.29, 1.82) is 0 Å². The molecule has 1 aromatic heterocycles. The topological polar surface area (TPSA) is 99.7 Å². The average Bonchev–Trinajstić information content (AvgIpc) is 3.44. The molecule has 37 heavy (non-hydrogen) atoms. The minimum atomic E-state index is -0.930. The molecule has 186 valence electrons. The van der Waals surface area contributed by atoms with Crippen LogP contribution in [0.4, 0.5) is 4.39 Å². The highest BCUT2D eigenvalue weighted by Crippen LogP contribution is 2.39. The molecule has 1 saturated heterocycles. The number of aromatic amines is 1. The quantitative estimate of drug-likeness (QED) is 0.173. The Morgan fingerprint density at radius 1 is 1.03 bits per heavy atom. The lowest BCUT2D eigenvalue weighted by Crippen LogP contribution is -2.31. The summed E-state index contributed by atoms with van der Waals surface area (Å²) >= 11 is 0. The summed E-state index contributed by atoms with van der Waals surface area (Å²) in [5, 5.41) is 12.1. The maximum absolute atomic E-state index is 13.9. The fourth-order valence-electron chi connectivity index (χ4n) is 4.75. The van der Waals surface area contributed by atoms with E-state index < -0.39 is 35.3 Å². The van der Waals surface area contributed by atoms with Gasteiger partial charge >= 0.3 is 5.97 Å². The number of likely N-dealkylation sites (tertiary alicyclic amines) is 1. The number of benzene rings is 3. The molecule has 0 saturated carbocycles. The smallest absolute Gasteiger partial charge is 0.337 e. The molecule has 0 radical (unpaired) electrons. The Kier molecular flexibility index (Phi) is 6.31. The number of nitrogens with zero attached hydrogens (tertiary/aromatic N) is 1. The van der Waals surface area contributed by atoms with E-state index in [2.05, 4.69) is 4.98 Å². The average molecular weight is 499 g/mol. The van der Waals surface area contributed by atoms with Crippen LogP contribution in [-0.2, 0) is 20.7 Å². The lowest BCUT2D eigenvalue weighted by Gasteiger charge is -2.25. The molecule has 1 amide bonds. The number of rotatable bonds is 6. The second-order valence-corrected chi connectivity index (χ2v) is 8.73. The maximum atomic E-state index is 13.9. The molecule has 0 bridgehead atoms. The van der Waals surface area contributed by atoms with Gasteiger partial charge in [-0.05, 0) is 47.9 Å². The molecule has 2 heterocycles. The summed E-state index contributed by atoms with van der Waals surface area (Å²) < 4.78 is 18.7. The van der Waals surface area contributed by atoms with Crippen LogP contribution in [-0.4, -0.2) is 46.3 Å². The molecule has 3 aromatic carbocycles. The molecule has 7 nitrogen and oxygen atoms in total. The summed E-state index contributed by atoms with van der Waals surface area (Å²) in [6.45, 7) is 0.190. The minimum absolute atomic E-state index is 0.0887. The van der Waals surface area contributed by atoms with Crippen LogP contribution < -0.4 is 0 Å². The first-order valence-corrected chi connectivity index (χ1v) is 11.7. The lowest BCUT2D eigenvalue weighted by molar-refractivity contribution is -0.139. The van der Waals surface area contributed by atoms with E-state index in [9.17, 15) is 23.9 Å². The fraction of sp³-hybridized carbons (Fsp3) is 0.138. The Morgan fingerprint density at radius 2 is 1.78 bits per heavy atom. The second-order valence-electron chi connectivity index (χ2n) is 8.73. The van der Waals surface area contributed by atoms with E-state index >= 15 is 0 Å². The molecule has 1 atom stereocenters. The molecule has 8 heteroatoms. The zero-order valence-corrected chi connectivity index (χ0v) is 19.9. The first kappa shape index (κ1) is 24.0. The van der Waals surface area contributed by atoms with Crippen molar-refractivity contribution in [3.63, 3.8) is 0 Å². The van der Waals surface area contributed by atoms with Crippen LogP contribution in [0.1, 0.15) is 33.1 Å². The monoisotopic (exact) mass is 498 g/mol. The molecule has 1 fully saturated rings. The van der Waals surface area contributed by atoms with Crippen LogP contribution in [0.2, 0.25) is 0 Å². The number of fused-ring (bicyclic) bond motifs is 1. The van der Waals surface area contributed by atoms with Crippen LogP contribution in [0.3, 0.4) is 0 Å². The number of H-pyrrole nitrogens is 1. The highest BCUT2D eigenvalue weighted by atomic mass is 19.1. The van der Waals surface area contributed by atoms with Crippen molar-refractivity contribution < 1.29 is 28.6 Å². The van der Waals surface area contributed by atoms with Crippen molar-refractivity contribution in [1.82, 2.24) is 9.88 Å². The number of hydrogen-bond donors (Lipinski definition) is 2. The van der Waals surface area contributed by atoms with Crippen molar-refractivity contribution in [2.45, 2.75) is 12.5 Å². The Morgan fingerprint density at radius 3 is 2.51 bits per heavy atom. The number of aliphatic hydroxyl groups excluding tert-OH is 1. The standard InChI is InChI=1S/C29H23FN2O5/c1-37-29(36)18-11-9-17(10-12-18)25-24(26(33)19-5-4-6-21(30)15-19)27(34)28(35)32(25)14-13-20-16-31-23-8-3-2-7-22(20)23/h2-12,15-16,25,31,33H,13-14H2,1H3. The van der Waals surface area contributed by atoms with Gasteiger partial charge in [0.2, 0.25) is 0 Å². The molecule has 2 N–H and O–H groups in total. The minimum Gasteiger partial charge on any atom is -0.507 e. The number of aromatic nitrogens is 1. The van der Waals surface area contributed by atoms with Crippen LogP contribution >= 0.6 is 0 Å². The van der Waals surface area contributed by atoms with Crippen molar-refractivity contribution in [2.24, 2.45) is 0 Å². The predicted molar refractivity (Wildman–Crippen MR) is 135 cm³/mol. The van der Waals surface area contributed by atoms with Crippen LogP contribution in [0.25, 0.3) is 16.7 Å². The van der Waals surface area contributed by atoms with Crippen LogP contribution in [0.5, 0.6) is 0 Å². The number of amides is 1. The first-order valence-electron chi connectivity index (χ1n) is 11.7. The fourth-order valence-corrected chi connectivity index (χ4v) is 4.75. The number of esters is 1. The summed E-state index contributed by atoms with van der Waals surface area (Å²) in [5.41, 5.74) is 2.70. The summed E-state index contributed by atoms with van der Waals surface area (Å²) in [7, 11) is 1.27. The van der Waals surface area contributed by atoms with E-state index in [1.54, 1.807) is 12.1 Å². The normalized spacial score (nSPS) is 16.9. The number of carbonyl (C=O) groups is 3. The Hall–Kier alpha value is -4.72. The number of Topliss-reactive ketones (excluding diaryl/α,β-unsaturated/α-hetero) is 1. The zero-order valence-electron chi connectivity index (χ0n) is 19.9. The van der Waals surface area contributed by atoms with E-state index in [0.717, 1.165) is 22.5 Å². The van der Waals surface area contributed by atoms with Gasteiger partial charge in [-0.25, -0.2) is 9.18 Å². The van der Waals surface area contributed by atoms with E-state index in [1.807, 2.05) is 30.5 Å². The van der Waals surface area contributed by atoms with Gasteiger partial charge in [-0.2, -0.15) is 0 Å². The zero-order chi connectivity index (χ0) is 26.1. The number of para-hydroxylation sites is 1. The number of halogens is 1. The highest BCUT2D eigenvalue weighted by molar-refractivity contribution is 6.46. The van der Waals surface area contributed by atoms with Gasteiger partial charge in [-0.3, -0.25) is 9.59 Å². The second kappa shape index (κ2) is 9.73. The lowest BCUT2D eigenvalue weighted by atomic mass is 9.94. The molecule has 4 aromatic rings. The van der Waals surface area contributed by atoms with E-state index in [4.69, 9.17) is 4.74 Å². The summed E-state index contributed by atoms with van der Waals surface area (Å²) in [4.78, 5) is 43.0. The third-order valence-corrected chi connectivity index (χ3v) is 6.58. The predicted octanol–water partition coefficient (Wildman–Crippen LogP) is 4.76. The highest BCUT2D eigenvalue weighted by Gasteiger charge is 2.46. The number of hydrogen-bond acceptors (Lipinski definition) is 5. The van der Waals surface area contributed by atoms with Gasteiger partial charge in [0.25, 0.3) is 11.7 Å². The third kappa shape index (κ3) is 4.38. The molecule has 1 aliphatic rings. The molecule has 0 spiro atoms. The van der Waals surface area contributed by atoms with Gasteiger partial charge in [0, 0.05) is 29.2 Å². The van der Waals surface area contributed by atoms with Crippen molar-refractivity contribution >= 4 is 34.3 Å². The van der Waals surface area contributed by atoms with Crippen LogP contribution in [0, 0.1) is 5.82 Å². The molecular weight excluding hydrogens is 475 g/mol. The Labute approximate surface area is 211 Å². The third-order valence-electron chi connectivity index (χ3n) is 6.58. The van der Waals surface area contributed by atoms with Gasteiger partial charge in [0.1, 0.15) is 11.6 Å². The summed E-state index contributed by atoms with van der Waals surface area (Å²) in [6.07, 6.45) is 2.32. The Bertz CT molecular complexity index is 1550. The van der Waals surface area contributed by atoms with Gasteiger partial charge < -0.3 is 19.7 Å². The molecule has 1 aliphatic heterocycles. The number of methoxy groups -OCH3 is 1. The summed E-state index contributed by atoms with van der Waals surface area (Å²) in [6, 6.07) is 18.3. The number of ether oxygens (including phenoxy) is 1. The van der Waals surface area contributed by atoms with Crippen molar-refractivity contribution in [3.8, 4) is 0 Å². The largest absolute Gasteiger partial charge is 0.507 e. The van der Waals surface area contributed by atoms with Crippen molar-refractivity contribution in [3.05, 3.63) is 113 Å². The molecule has 1 unspecified atom stereocenters. The molecule has 5 rings (SSSR count). The number of carbonyl (C=O) groups excluding carboxylic acids is 3. The SMILES string of the molecule is COC(=O)c1ccc(C2C(=C(O)c3cccc(F)c3)C(=O)C(=O)N2CCc2c[nH]c3ccccc23)cc1. The van der Waals surface area contributed by atoms with Gasteiger partial charge in [0.05, 0.1) is 24.3 Å². The first-order chi connectivity index (χ1) is 17.9. The molecule has 0 aliphatic carbocycles. The van der Waals surface area contributed by atoms with Gasteiger partial charge in [-0.1, -0.05) is 42.5 Å². The summed E-state index contributed by atoms with van der Waals surface area (Å²) in [5.74, 6) is -3.20. The van der Waals surface area contributed by atoms with E-state index in [0.29, 0.717) is 17.5 Å². The number of ketones is 1. The van der Waals surface area contributed by atoms with Gasteiger partial charge in [-0.15, -0.1) is 0 Å². The van der Waals surface area contributed by atoms with Gasteiger partial charge in [0.15, 0.2) is 0 Å². The van der Waals surface area contributed by atoms with Crippen LogP contribution in [0.15, 0.2) is 84.6 Å². The van der Waals surface area contributed by atoms with Crippen molar-refractivity contribution in [2.75, 3.05) is 13.7 Å². The number of nitrogens with one attached hydrogen (secondary N) is 1. The Balaban J connectivity index is 1.57. The number of aliphatic hydroxyl groups is 1. The molecular formula is C29H23FN2O5. The maximum Gasteiger partial charge on any atom is 0.337 e. The van der Waals surface area contributed by atoms with E-state index in [1.165, 1.54) is 42.3 Å². The van der Waals surface area contributed by atoms with E-state index in [-0.39, 0.29) is 17.7 Å².